The third kappa shape index (κ3) is 3.50. The fourth-order valence-corrected chi connectivity index (χ4v) is 3.84. The van der Waals surface area contributed by atoms with Crippen LogP contribution in [0.15, 0.2) is 0 Å². The zero-order chi connectivity index (χ0) is 13.8. The molecule has 1 aliphatic heterocycles. The Labute approximate surface area is 118 Å². The highest BCUT2D eigenvalue weighted by molar-refractivity contribution is 5.84. The Balaban J connectivity index is 1.97. The zero-order valence-corrected chi connectivity index (χ0v) is 12.8. The second-order valence-electron chi connectivity index (χ2n) is 6.73. The number of nitrogens with zero attached hydrogens (tertiary/aromatic N) is 1. The van der Waals surface area contributed by atoms with Crippen molar-refractivity contribution in [2.75, 3.05) is 6.67 Å². The summed E-state index contributed by atoms with van der Waals surface area (Å²) in [5.41, 5.74) is 0. The van der Waals surface area contributed by atoms with Crippen molar-refractivity contribution in [3.63, 3.8) is 0 Å². The summed E-state index contributed by atoms with van der Waals surface area (Å²) in [5.74, 6) is 1.67. The molecule has 2 rings (SSSR count). The minimum Gasteiger partial charge on any atom is -0.325 e. The molecular weight excluding hydrogens is 236 g/mol. The molecule has 1 saturated carbocycles. The van der Waals surface area contributed by atoms with Crippen molar-refractivity contribution in [2.24, 2.45) is 11.8 Å². The van der Waals surface area contributed by atoms with E-state index < -0.39 is 0 Å². The summed E-state index contributed by atoms with van der Waals surface area (Å²) in [6, 6.07) is 0.537. The van der Waals surface area contributed by atoms with Crippen LogP contribution in [0.1, 0.15) is 65.7 Å². The van der Waals surface area contributed by atoms with Gasteiger partial charge < -0.3 is 4.90 Å². The van der Waals surface area contributed by atoms with Crippen LogP contribution in [0.3, 0.4) is 0 Å². The lowest BCUT2D eigenvalue weighted by molar-refractivity contribution is -0.132. The summed E-state index contributed by atoms with van der Waals surface area (Å²) in [5, 5.41) is 3.42. The third-order valence-electron chi connectivity index (χ3n) is 4.81. The van der Waals surface area contributed by atoms with Crippen LogP contribution >= 0.6 is 0 Å². The van der Waals surface area contributed by atoms with Gasteiger partial charge in [-0.15, -0.1) is 0 Å². The number of nitrogens with one attached hydrogen (secondary N) is 1. The highest BCUT2D eigenvalue weighted by Crippen LogP contribution is 2.32. The molecule has 3 nitrogen and oxygen atoms in total. The number of carbonyl (C=O) groups excluding carboxylic acids is 1. The molecule has 1 aliphatic carbocycles. The van der Waals surface area contributed by atoms with Gasteiger partial charge in [0.1, 0.15) is 0 Å². The van der Waals surface area contributed by atoms with Crippen molar-refractivity contribution in [1.29, 1.82) is 0 Å². The maximum Gasteiger partial charge on any atom is 0.241 e. The first-order valence-electron chi connectivity index (χ1n) is 8.17. The summed E-state index contributed by atoms with van der Waals surface area (Å²) in [6.45, 7) is 7.39. The van der Waals surface area contributed by atoms with Crippen LogP contribution in [-0.2, 0) is 4.79 Å². The number of amides is 1. The quantitative estimate of drug-likeness (QED) is 0.829. The van der Waals surface area contributed by atoms with Gasteiger partial charge >= 0.3 is 0 Å². The van der Waals surface area contributed by atoms with Crippen LogP contribution in [0, 0.1) is 11.8 Å². The molecule has 2 unspecified atom stereocenters. The largest absolute Gasteiger partial charge is 0.325 e. The molecule has 0 aromatic rings. The molecule has 2 fully saturated rings. The summed E-state index contributed by atoms with van der Waals surface area (Å²) in [7, 11) is 0. The van der Waals surface area contributed by atoms with E-state index in [4.69, 9.17) is 0 Å². The van der Waals surface area contributed by atoms with Crippen molar-refractivity contribution in [3.05, 3.63) is 0 Å². The number of hydrogen-bond donors (Lipinski definition) is 1. The Hall–Kier alpha value is -0.570. The smallest absolute Gasteiger partial charge is 0.241 e. The van der Waals surface area contributed by atoms with Crippen molar-refractivity contribution in [1.82, 2.24) is 10.2 Å². The molecular formula is C16H30N2O. The number of hydrogen-bond acceptors (Lipinski definition) is 2. The van der Waals surface area contributed by atoms with Crippen molar-refractivity contribution < 1.29 is 4.79 Å². The van der Waals surface area contributed by atoms with Gasteiger partial charge in [0.2, 0.25) is 5.91 Å². The van der Waals surface area contributed by atoms with E-state index in [2.05, 4.69) is 31.0 Å². The second-order valence-corrected chi connectivity index (χ2v) is 6.73. The van der Waals surface area contributed by atoms with Gasteiger partial charge in [-0.05, 0) is 37.5 Å². The lowest BCUT2D eigenvalue weighted by atomic mass is 9.82. The average Bonchev–Trinajstić information content (AvgIpc) is 2.74. The molecule has 110 valence electrons. The maximum absolute atomic E-state index is 12.5. The first kappa shape index (κ1) is 14.8. The van der Waals surface area contributed by atoms with Gasteiger partial charge in [-0.25, -0.2) is 0 Å². The van der Waals surface area contributed by atoms with Crippen molar-refractivity contribution >= 4 is 5.91 Å². The zero-order valence-electron chi connectivity index (χ0n) is 12.8. The lowest BCUT2D eigenvalue weighted by Crippen LogP contribution is -2.43. The maximum atomic E-state index is 12.5. The van der Waals surface area contributed by atoms with Crippen LogP contribution in [0.5, 0.6) is 0 Å². The first-order valence-corrected chi connectivity index (χ1v) is 8.17. The first-order chi connectivity index (χ1) is 9.13. The van der Waals surface area contributed by atoms with Crippen LogP contribution in [0.4, 0.5) is 0 Å². The van der Waals surface area contributed by atoms with E-state index in [1.54, 1.807) is 0 Å². The molecule has 19 heavy (non-hydrogen) atoms. The Bertz CT molecular complexity index is 297. The summed E-state index contributed by atoms with van der Waals surface area (Å²) in [6.07, 6.45) is 8.80. The van der Waals surface area contributed by atoms with E-state index in [1.807, 2.05) is 0 Å². The van der Waals surface area contributed by atoms with Crippen molar-refractivity contribution in [3.8, 4) is 0 Å². The normalized spacial score (nSPS) is 27.3. The van der Waals surface area contributed by atoms with Crippen LogP contribution in [0.25, 0.3) is 0 Å². The number of rotatable bonds is 5. The summed E-state index contributed by atoms with van der Waals surface area (Å²) >= 11 is 0. The number of carbonyl (C=O) groups is 1. The van der Waals surface area contributed by atoms with E-state index in [1.165, 1.54) is 32.1 Å². The highest BCUT2D eigenvalue weighted by Gasteiger charge is 2.38. The molecule has 1 heterocycles. The van der Waals surface area contributed by atoms with E-state index >= 15 is 0 Å². The van der Waals surface area contributed by atoms with Crippen LogP contribution < -0.4 is 5.32 Å². The van der Waals surface area contributed by atoms with E-state index in [0.717, 1.165) is 25.4 Å². The van der Waals surface area contributed by atoms with Gasteiger partial charge in [-0.2, -0.15) is 0 Å². The van der Waals surface area contributed by atoms with Crippen molar-refractivity contribution in [2.45, 2.75) is 77.8 Å². The standard InChI is InChI=1S/C16H30N2O/c1-4-15(13-8-6-5-7-9-13)18-11-17-14(16(18)19)10-12(2)3/h12-15,17H,4-11H2,1-3H3. The fourth-order valence-electron chi connectivity index (χ4n) is 3.84. The SMILES string of the molecule is CCC(C1CCCCC1)N1CNC(CC(C)C)C1=O. The van der Waals surface area contributed by atoms with Gasteiger partial charge in [0.05, 0.1) is 12.7 Å². The topological polar surface area (TPSA) is 32.3 Å². The molecule has 0 aromatic heterocycles. The van der Waals surface area contributed by atoms with Gasteiger partial charge in [-0.1, -0.05) is 40.0 Å². The second kappa shape index (κ2) is 6.74. The minimum absolute atomic E-state index is 0.0673. The predicted octanol–water partition coefficient (Wildman–Crippen LogP) is 3.15. The predicted molar refractivity (Wildman–Crippen MR) is 78.7 cm³/mol. The van der Waals surface area contributed by atoms with Gasteiger partial charge in [0.15, 0.2) is 0 Å². The Morgan fingerprint density at radius 1 is 1.26 bits per heavy atom. The molecule has 2 atom stereocenters. The fraction of sp³-hybridized carbons (Fsp3) is 0.938. The molecule has 1 saturated heterocycles. The van der Waals surface area contributed by atoms with Gasteiger partial charge in [-0.3, -0.25) is 10.1 Å². The molecule has 0 spiro atoms. The Kier molecular flexibility index (Phi) is 5.26. The average molecular weight is 266 g/mol. The van der Waals surface area contributed by atoms with E-state index in [9.17, 15) is 4.79 Å². The molecule has 3 heteroatoms. The molecule has 1 N–H and O–H groups in total. The summed E-state index contributed by atoms with van der Waals surface area (Å²) < 4.78 is 0. The molecule has 0 bridgehead atoms. The van der Waals surface area contributed by atoms with Gasteiger partial charge in [0.25, 0.3) is 0 Å². The lowest BCUT2D eigenvalue weighted by Gasteiger charge is -2.36. The molecule has 2 aliphatic rings. The highest BCUT2D eigenvalue weighted by atomic mass is 16.2. The molecule has 0 aromatic carbocycles. The van der Waals surface area contributed by atoms with Crippen LogP contribution in [0.2, 0.25) is 0 Å². The third-order valence-corrected chi connectivity index (χ3v) is 4.81. The Morgan fingerprint density at radius 2 is 1.95 bits per heavy atom. The molecule has 1 amide bonds. The van der Waals surface area contributed by atoms with E-state index in [0.29, 0.717) is 17.9 Å². The van der Waals surface area contributed by atoms with Crippen LogP contribution in [-0.4, -0.2) is 29.6 Å². The van der Waals surface area contributed by atoms with E-state index in [-0.39, 0.29) is 6.04 Å². The molecule has 0 radical (unpaired) electrons. The van der Waals surface area contributed by atoms with Gasteiger partial charge in [0, 0.05) is 6.04 Å². The monoisotopic (exact) mass is 266 g/mol. The summed E-state index contributed by atoms with van der Waals surface area (Å²) in [4.78, 5) is 14.7. The Morgan fingerprint density at radius 3 is 2.53 bits per heavy atom. The minimum atomic E-state index is 0.0673.